The first-order chi connectivity index (χ1) is 7.97. The fraction of sp³-hybridized carbons (Fsp3) is 0.385. The molecule has 4 heteroatoms. The van der Waals surface area contributed by atoms with Crippen molar-refractivity contribution in [3.63, 3.8) is 0 Å². The van der Waals surface area contributed by atoms with Crippen molar-refractivity contribution >= 4 is 5.70 Å². The van der Waals surface area contributed by atoms with Gasteiger partial charge in [0.2, 0.25) is 0 Å². The van der Waals surface area contributed by atoms with Crippen LogP contribution in [-0.4, -0.2) is 9.97 Å². The predicted molar refractivity (Wildman–Crippen MR) is 68.6 cm³/mol. The second kappa shape index (κ2) is 4.20. The highest BCUT2D eigenvalue weighted by Gasteiger charge is 2.18. The molecule has 0 amide bonds. The quantitative estimate of drug-likeness (QED) is 0.776. The maximum atomic E-state index is 4.20. The number of aromatic nitrogens is 2. The van der Waals surface area contributed by atoms with Crippen molar-refractivity contribution < 1.29 is 0 Å². The molecular formula is C13H18N4. The van der Waals surface area contributed by atoms with Gasteiger partial charge in [0.15, 0.2) is 0 Å². The van der Waals surface area contributed by atoms with Crippen molar-refractivity contribution in [3.05, 3.63) is 41.6 Å². The first-order valence-corrected chi connectivity index (χ1v) is 5.70. The van der Waals surface area contributed by atoms with Crippen molar-refractivity contribution in [2.75, 3.05) is 0 Å². The highest BCUT2D eigenvalue weighted by Crippen LogP contribution is 2.29. The molecule has 0 fully saturated rings. The number of allylic oxidation sites excluding steroid dienone is 2. The average Bonchev–Trinajstić information content (AvgIpc) is 2.29. The average molecular weight is 230 g/mol. The van der Waals surface area contributed by atoms with Gasteiger partial charge in [0.05, 0.1) is 5.70 Å². The molecule has 0 spiro atoms. The SMILES string of the molecule is Cc1ncc(C2=CC(C(C)(C)C)=CNN2)cn1. The third kappa shape index (κ3) is 2.64. The number of aryl methyl sites for hydroxylation is 1. The summed E-state index contributed by atoms with van der Waals surface area (Å²) in [6.07, 6.45) is 7.77. The van der Waals surface area contributed by atoms with Gasteiger partial charge in [-0.3, -0.25) is 0 Å². The summed E-state index contributed by atoms with van der Waals surface area (Å²) in [6, 6.07) is 0. The Labute approximate surface area is 102 Å². The van der Waals surface area contributed by atoms with Gasteiger partial charge in [-0.05, 0) is 24.0 Å². The van der Waals surface area contributed by atoms with E-state index in [9.17, 15) is 0 Å². The number of hydrogen-bond donors (Lipinski definition) is 2. The van der Waals surface area contributed by atoms with Gasteiger partial charge in [-0.15, -0.1) is 0 Å². The lowest BCUT2D eigenvalue weighted by atomic mass is 9.86. The van der Waals surface area contributed by atoms with Crippen molar-refractivity contribution in [2.24, 2.45) is 5.41 Å². The van der Waals surface area contributed by atoms with Gasteiger partial charge in [-0.25, -0.2) is 9.97 Å². The van der Waals surface area contributed by atoms with Crippen LogP contribution in [0.25, 0.3) is 5.70 Å². The fourth-order valence-corrected chi connectivity index (χ4v) is 1.55. The molecule has 0 unspecified atom stereocenters. The molecule has 0 atom stereocenters. The standard InChI is InChI=1S/C13H18N4/c1-9-14-6-10(7-15-9)12-5-11(8-16-17-12)13(2,3)4/h5-8,16-17H,1-4H3. The van der Waals surface area contributed by atoms with Gasteiger partial charge in [0.1, 0.15) is 5.82 Å². The van der Waals surface area contributed by atoms with Crippen LogP contribution in [0.2, 0.25) is 0 Å². The first-order valence-electron chi connectivity index (χ1n) is 5.70. The van der Waals surface area contributed by atoms with Gasteiger partial charge < -0.3 is 10.9 Å². The predicted octanol–water partition coefficient (Wildman–Crippen LogP) is 2.16. The van der Waals surface area contributed by atoms with Crippen LogP contribution in [0.15, 0.2) is 30.2 Å². The topological polar surface area (TPSA) is 49.8 Å². The molecule has 2 rings (SSSR count). The second-order valence-electron chi connectivity index (χ2n) is 5.20. The zero-order chi connectivity index (χ0) is 12.5. The summed E-state index contributed by atoms with van der Waals surface area (Å²) in [5.74, 6) is 0.782. The van der Waals surface area contributed by atoms with Crippen molar-refractivity contribution in [1.29, 1.82) is 0 Å². The molecule has 0 aromatic carbocycles. The molecule has 0 saturated heterocycles. The smallest absolute Gasteiger partial charge is 0.125 e. The number of nitrogens with one attached hydrogen (secondary N) is 2. The highest BCUT2D eigenvalue weighted by molar-refractivity contribution is 5.66. The Morgan fingerprint density at radius 1 is 1.12 bits per heavy atom. The number of hydrazine groups is 1. The molecule has 1 aliphatic rings. The van der Waals surface area contributed by atoms with Gasteiger partial charge in [0, 0.05) is 24.2 Å². The van der Waals surface area contributed by atoms with Crippen LogP contribution in [0.3, 0.4) is 0 Å². The largest absolute Gasteiger partial charge is 0.308 e. The number of hydrogen-bond acceptors (Lipinski definition) is 4. The lowest BCUT2D eigenvalue weighted by Crippen LogP contribution is -2.30. The lowest BCUT2D eigenvalue weighted by molar-refractivity contribution is 0.507. The molecule has 0 saturated carbocycles. The van der Waals surface area contributed by atoms with Crippen LogP contribution >= 0.6 is 0 Å². The van der Waals surface area contributed by atoms with E-state index in [4.69, 9.17) is 0 Å². The Morgan fingerprint density at radius 2 is 1.76 bits per heavy atom. The molecule has 1 aliphatic heterocycles. The van der Waals surface area contributed by atoms with Gasteiger partial charge >= 0.3 is 0 Å². The molecule has 90 valence electrons. The summed E-state index contributed by atoms with van der Waals surface area (Å²) < 4.78 is 0. The minimum Gasteiger partial charge on any atom is -0.308 e. The summed E-state index contributed by atoms with van der Waals surface area (Å²) in [5.41, 5.74) is 9.52. The van der Waals surface area contributed by atoms with E-state index in [2.05, 4.69) is 47.7 Å². The molecule has 4 nitrogen and oxygen atoms in total. The molecule has 0 radical (unpaired) electrons. The molecule has 2 N–H and O–H groups in total. The molecule has 1 aromatic heterocycles. The van der Waals surface area contributed by atoms with E-state index in [1.54, 1.807) is 0 Å². The maximum Gasteiger partial charge on any atom is 0.125 e. The van der Waals surface area contributed by atoms with E-state index < -0.39 is 0 Å². The van der Waals surface area contributed by atoms with Crippen LogP contribution < -0.4 is 10.9 Å². The summed E-state index contributed by atoms with van der Waals surface area (Å²) in [5, 5.41) is 0. The Morgan fingerprint density at radius 3 is 2.35 bits per heavy atom. The third-order valence-corrected chi connectivity index (χ3v) is 2.69. The monoisotopic (exact) mass is 230 g/mol. The molecule has 0 aliphatic carbocycles. The molecule has 17 heavy (non-hydrogen) atoms. The summed E-state index contributed by atoms with van der Waals surface area (Å²) >= 11 is 0. The van der Waals surface area contributed by atoms with Crippen LogP contribution in [0.1, 0.15) is 32.2 Å². The minimum absolute atomic E-state index is 0.117. The van der Waals surface area contributed by atoms with Gasteiger partial charge in [-0.2, -0.15) is 0 Å². The van der Waals surface area contributed by atoms with E-state index in [1.807, 2.05) is 25.5 Å². The molecular weight excluding hydrogens is 212 g/mol. The Balaban J connectivity index is 2.31. The van der Waals surface area contributed by atoms with E-state index >= 15 is 0 Å². The zero-order valence-corrected chi connectivity index (χ0v) is 10.7. The number of rotatable bonds is 1. The summed E-state index contributed by atoms with van der Waals surface area (Å²) in [6.45, 7) is 8.44. The summed E-state index contributed by atoms with van der Waals surface area (Å²) in [7, 11) is 0. The van der Waals surface area contributed by atoms with E-state index in [1.165, 1.54) is 5.57 Å². The number of nitrogens with zero attached hydrogens (tertiary/aromatic N) is 2. The molecule has 1 aromatic rings. The van der Waals surface area contributed by atoms with Gasteiger partial charge in [0.25, 0.3) is 0 Å². The van der Waals surface area contributed by atoms with E-state index in [0.717, 1.165) is 17.1 Å². The maximum absolute atomic E-state index is 4.20. The Bertz CT molecular complexity index is 463. The molecule has 0 bridgehead atoms. The molecule has 2 heterocycles. The van der Waals surface area contributed by atoms with Gasteiger partial charge in [-0.1, -0.05) is 20.8 Å². The van der Waals surface area contributed by atoms with Crippen LogP contribution in [0.4, 0.5) is 0 Å². The second-order valence-corrected chi connectivity index (χ2v) is 5.20. The van der Waals surface area contributed by atoms with Crippen molar-refractivity contribution in [2.45, 2.75) is 27.7 Å². The Kier molecular flexibility index (Phi) is 2.88. The Hall–Kier alpha value is -1.84. The van der Waals surface area contributed by atoms with E-state index in [0.29, 0.717) is 0 Å². The van der Waals surface area contributed by atoms with Crippen LogP contribution in [0.5, 0.6) is 0 Å². The lowest BCUT2D eigenvalue weighted by Gasteiger charge is -2.26. The van der Waals surface area contributed by atoms with Crippen molar-refractivity contribution in [3.8, 4) is 0 Å². The van der Waals surface area contributed by atoms with Crippen molar-refractivity contribution in [1.82, 2.24) is 20.8 Å². The first kappa shape index (κ1) is 11.6. The zero-order valence-electron chi connectivity index (χ0n) is 10.7. The minimum atomic E-state index is 0.117. The normalized spacial score (nSPS) is 15.5. The fourth-order valence-electron chi connectivity index (χ4n) is 1.55. The van der Waals surface area contributed by atoms with Crippen LogP contribution in [-0.2, 0) is 0 Å². The van der Waals surface area contributed by atoms with Crippen LogP contribution in [0, 0.1) is 12.3 Å². The summed E-state index contributed by atoms with van der Waals surface area (Å²) in [4.78, 5) is 8.40. The van der Waals surface area contributed by atoms with E-state index in [-0.39, 0.29) is 5.41 Å². The highest BCUT2D eigenvalue weighted by atomic mass is 15.4. The third-order valence-electron chi connectivity index (χ3n) is 2.69.